The molecule has 1 unspecified atom stereocenters. The third kappa shape index (κ3) is 3.20. The number of aryl methyl sites for hydroxylation is 1. The van der Waals surface area contributed by atoms with Crippen LogP contribution in [0.3, 0.4) is 0 Å². The summed E-state index contributed by atoms with van der Waals surface area (Å²) in [5.41, 5.74) is 2.43. The van der Waals surface area contributed by atoms with E-state index in [9.17, 15) is 4.79 Å². The Morgan fingerprint density at radius 1 is 1.45 bits per heavy atom. The van der Waals surface area contributed by atoms with E-state index in [1.165, 1.54) is 11.3 Å². The van der Waals surface area contributed by atoms with Gasteiger partial charge < -0.3 is 4.74 Å². The highest BCUT2D eigenvalue weighted by Gasteiger charge is 2.23. The molecule has 0 amide bonds. The minimum Gasteiger partial charge on any atom is -0.367 e. The SMILES string of the molecule is CCOC(c1cc(C=O)sc1Cl)c1nc(Cl)ccc1C. The number of nitrogens with zero attached hydrogens (tertiary/aromatic N) is 1. The van der Waals surface area contributed by atoms with Gasteiger partial charge in [0.1, 0.15) is 11.3 Å². The first kappa shape index (κ1) is 15.4. The monoisotopic (exact) mass is 329 g/mol. The van der Waals surface area contributed by atoms with Crippen LogP contribution >= 0.6 is 34.5 Å². The number of thiophene rings is 1. The van der Waals surface area contributed by atoms with Crippen molar-refractivity contribution in [2.45, 2.75) is 20.0 Å². The molecule has 2 rings (SSSR count). The Labute approximate surface area is 131 Å². The first-order valence-corrected chi connectivity index (χ1v) is 7.63. The molecule has 0 spiro atoms. The summed E-state index contributed by atoms with van der Waals surface area (Å²) < 4.78 is 6.31. The summed E-state index contributed by atoms with van der Waals surface area (Å²) in [4.78, 5) is 15.8. The van der Waals surface area contributed by atoms with Crippen LogP contribution in [-0.4, -0.2) is 17.9 Å². The number of rotatable bonds is 5. The molecule has 0 radical (unpaired) electrons. The molecule has 0 aliphatic heterocycles. The second-order valence-electron chi connectivity index (χ2n) is 4.17. The van der Waals surface area contributed by atoms with E-state index >= 15 is 0 Å². The van der Waals surface area contributed by atoms with Crippen molar-refractivity contribution in [3.8, 4) is 0 Å². The standard InChI is InChI=1S/C14H13Cl2NO2S/c1-3-19-13(10-6-9(7-18)20-14(10)16)12-8(2)4-5-11(15)17-12/h4-7,13H,3H2,1-2H3. The average molecular weight is 330 g/mol. The van der Waals surface area contributed by atoms with Gasteiger partial charge in [0.25, 0.3) is 0 Å². The largest absolute Gasteiger partial charge is 0.367 e. The highest BCUT2D eigenvalue weighted by molar-refractivity contribution is 7.17. The van der Waals surface area contributed by atoms with E-state index in [4.69, 9.17) is 27.9 Å². The van der Waals surface area contributed by atoms with Gasteiger partial charge in [-0.25, -0.2) is 4.98 Å². The summed E-state index contributed by atoms with van der Waals surface area (Å²) in [5.74, 6) is 0. The lowest BCUT2D eigenvalue weighted by Gasteiger charge is -2.18. The van der Waals surface area contributed by atoms with Gasteiger partial charge in [-0.05, 0) is 31.5 Å². The van der Waals surface area contributed by atoms with Crippen molar-refractivity contribution in [3.63, 3.8) is 0 Å². The van der Waals surface area contributed by atoms with E-state index < -0.39 is 6.10 Å². The molecule has 0 N–H and O–H groups in total. The van der Waals surface area contributed by atoms with Gasteiger partial charge in [0.05, 0.1) is 14.9 Å². The molecule has 1 atom stereocenters. The van der Waals surface area contributed by atoms with Gasteiger partial charge in [-0.1, -0.05) is 29.3 Å². The molecule has 6 heteroatoms. The van der Waals surface area contributed by atoms with Gasteiger partial charge in [0, 0.05) is 12.2 Å². The molecule has 0 aliphatic carbocycles. The van der Waals surface area contributed by atoms with E-state index in [0.29, 0.717) is 21.0 Å². The average Bonchev–Trinajstić information content (AvgIpc) is 2.80. The third-order valence-corrected chi connectivity index (χ3v) is 4.34. The Morgan fingerprint density at radius 2 is 2.20 bits per heavy atom. The van der Waals surface area contributed by atoms with Crippen molar-refractivity contribution >= 4 is 40.8 Å². The molecule has 2 aromatic rings. The van der Waals surface area contributed by atoms with E-state index in [-0.39, 0.29) is 0 Å². The number of aromatic nitrogens is 1. The van der Waals surface area contributed by atoms with Crippen LogP contribution in [0.2, 0.25) is 9.49 Å². The first-order chi connectivity index (χ1) is 9.56. The minimum atomic E-state index is -0.420. The van der Waals surface area contributed by atoms with Crippen molar-refractivity contribution in [2.75, 3.05) is 6.61 Å². The summed E-state index contributed by atoms with van der Waals surface area (Å²) in [6.07, 6.45) is 0.359. The maximum Gasteiger partial charge on any atom is 0.160 e. The van der Waals surface area contributed by atoms with E-state index in [1.54, 1.807) is 12.1 Å². The number of ether oxygens (including phenoxy) is 1. The summed E-state index contributed by atoms with van der Waals surface area (Å²) in [5, 5.41) is 0.400. The predicted octanol–water partition coefficient (Wildman–Crippen LogP) is 4.70. The van der Waals surface area contributed by atoms with Crippen molar-refractivity contribution in [1.82, 2.24) is 4.98 Å². The fourth-order valence-electron chi connectivity index (χ4n) is 1.91. The van der Waals surface area contributed by atoms with Crippen LogP contribution in [0.15, 0.2) is 18.2 Å². The number of carbonyl (C=O) groups is 1. The van der Waals surface area contributed by atoms with Crippen LogP contribution in [0.4, 0.5) is 0 Å². The molecular weight excluding hydrogens is 317 g/mol. The number of aldehydes is 1. The second kappa shape index (κ2) is 6.68. The smallest absolute Gasteiger partial charge is 0.160 e. The Kier molecular flexibility index (Phi) is 5.16. The Morgan fingerprint density at radius 3 is 2.80 bits per heavy atom. The number of halogens is 2. The third-order valence-electron chi connectivity index (χ3n) is 2.81. The molecular formula is C14H13Cl2NO2S. The molecule has 0 saturated heterocycles. The molecule has 20 heavy (non-hydrogen) atoms. The fraction of sp³-hybridized carbons (Fsp3) is 0.286. The molecule has 0 saturated carbocycles. The van der Waals surface area contributed by atoms with Gasteiger partial charge in [-0.3, -0.25) is 4.79 Å². The molecule has 106 valence electrons. The van der Waals surface area contributed by atoms with Gasteiger partial charge in [-0.15, -0.1) is 11.3 Å². The fourth-order valence-corrected chi connectivity index (χ4v) is 3.21. The molecule has 3 nitrogen and oxygen atoms in total. The van der Waals surface area contributed by atoms with Crippen LogP contribution < -0.4 is 0 Å². The molecule has 0 aliphatic rings. The van der Waals surface area contributed by atoms with Crippen LogP contribution in [-0.2, 0) is 4.74 Å². The zero-order chi connectivity index (χ0) is 14.7. The Bertz CT molecular complexity index is 628. The summed E-state index contributed by atoms with van der Waals surface area (Å²) in [6.45, 7) is 4.33. The maximum absolute atomic E-state index is 10.9. The van der Waals surface area contributed by atoms with Crippen LogP contribution in [0.25, 0.3) is 0 Å². The molecule has 0 fully saturated rings. The van der Waals surface area contributed by atoms with Gasteiger partial charge in [0.2, 0.25) is 0 Å². The lowest BCUT2D eigenvalue weighted by atomic mass is 10.0. The van der Waals surface area contributed by atoms with Crippen LogP contribution in [0.1, 0.15) is 39.5 Å². The topological polar surface area (TPSA) is 39.2 Å². The number of pyridine rings is 1. The molecule has 0 aromatic carbocycles. The van der Waals surface area contributed by atoms with Crippen molar-refractivity contribution < 1.29 is 9.53 Å². The summed E-state index contributed by atoms with van der Waals surface area (Å²) in [6, 6.07) is 5.36. The van der Waals surface area contributed by atoms with E-state index in [2.05, 4.69) is 4.98 Å². The Balaban J connectivity index is 2.52. The minimum absolute atomic E-state index is 0.400. The van der Waals surface area contributed by atoms with Gasteiger partial charge in [-0.2, -0.15) is 0 Å². The lowest BCUT2D eigenvalue weighted by molar-refractivity contribution is 0.0882. The van der Waals surface area contributed by atoms with Crippen molar-refractivity contribution in [1.29, 1.82) is 0 Å². The van der Waals surface area contributed by atoms with E-state index in [0.717, 1.165) is 23.1 Å². The zero-order valence-corrected chi connectivity index (χ0v) is 13.4. The molecule has 2 heterocycles. The molecule has 2 aromatic heterocycles. The van der Waals surface area contributed by atoms with Gasteiger partial charge >= 0.3 is 0 Å². The number of carbonyl (C=O) groups excluding carboxylic acids is 1. The van der Waals surface area contributed by atoms with Crippen molar-refractivity contribution in [3.05, 3.63) is 49.4 Å². The number of hydrogen-bond donors (Lipinski definition) is 0. The number of hydrogen-bond acceptors (Lipinski definition) is 4. The first-order valence-electron chi connectivity index (χ1n) is 6.05. The quantitative estimate of drug-likeness (QED) is 0.589. The summed E-state index contributed by atoms with van der Waals surface area (Å²) >= 11 is 13.4. The predicted molar refractivity (Wildman–Crippen MR) is 82.2 cm³/mol. The highest BCUT2D eigenvalue weighted by atomic mass is 35.5. The molecule has 0 bridgehead atoms. The zero-order valence-electron chi connectivity index (χ0n) is 11.0. The van der Waals surface area contributed by atoms with Crippen molar-refractivity contribution in [2.24, 2.45) is 0 Å². The van der Waals surface area contributed by atoms with Crippen LogP contribution in [0, 0.1) is 6.92 Å². The highest BCUT2D eigenvalue weighted by Crippen LogP contribution is 2.37. The second-order valence-corrected chi connectivity index (χ2v) is 6.24. The Hall–Kier alpha value is -0.940. The maximum atomic E-state index is 10.9. The summed E-state index contributed by atoms with van der Waals surface area (Å²) in [7, 11) is 0. The normalized spacial score (nSPS) is 12.4. The van der Waals surface area contributed by atoms with Gasteiger partial charge in [0.15, 0.2) is 6.29 Å². The van der Waals surface area contributed by atoms with E-state index in [1.807, 2.05) is 19.9 Å². The lowest BCUT2D eigenvalue weighted by Crippen LogP contribution is -2.10. The van der Waals surface area contributed by atoms with Crippen LogP contribution in [0.5, 0.6) is 0 Å².